The molecule has 31 heavy (non-hydrogen) atoms. The Morgan fingerprint density at radius 2 is 1.74 bits per heavy atom. The van der Waals surface area contributed by atoms with Crippen LogP contribution in [-0.2, 0) is 17.8 Å². The summed E-state index contributed by atoms with van der Waals surface area (Å²) in [6.07, 6.45) is 5.45. The van der Waals surface area contributed by atoms with E-state index < -0.39 is 0 Å². The monoisotopic (exact) mass is 409 g/mol. The van der Waals surface area contributed by atoms with E-state index in [-0.39, 0.29) is 12.5 Å². The Bertz CT molecular complexity index is 1230. The minimum Gasteiger partial charge on any atom is -0.465 e. The number of carbonyl (C=O) groups excluding carboxylic acids is 1. The van der Waals surface area contributed by atoms with E-state index in [0.717, 1.165) is 16.7 Å². The molecule has 0 spiro atoms. The van der Waals surface area contributed by atoms with E-state index in [9.17, 15) is 9.90 Å². The van der Waals surface area contributed by atoms with Crippen LogP contribution < -0.4 is 0 Å². The summed E-state index contributed by atoms with van der Waals surface area (Å²) in [4.78, 5) is 24.1. The van der Waals surface area contributed by atoms with E-state index >= 15 is 0 Å². The Morgan fingerprint density at radius 1 is 0.935 bits per heavy atom. The summed E-state index contributed by atoms with van der Waals surface area (Å²) in [5, 5.41) is 9.31. The van der Waals surface area contributed by atoms with Crippen molar-refractivity contribution in [1.29, 1.82) is 0 Å². The number of benzene rings is 2. The standard InChI is InChI=1S/C25H19N3O3/c29-16-18-8-10-19(11-9-18)23-15-28-24(21(26-23)13-17-5-2-1-3-6-17)27-22(25(28)30)14-20-7-4-12-31-20/h1-12,14-15,29H,13,16H2. The van der Waals surface area contributed by atoms with Crippen molar-refractivity contribution in [3.8, 4) is 0 Å². The highest BCUT2D eigenvalue weighted by molar-refractivity contribution is 6.48. The lowest BCUT2D eigenvalue weighted by Crippen LogP contribution is -2.36. The number of amides is 1. The molecule has 6 nitrogen and oxygen atoms in total. The lowest BCUT2D eigenvalue weighted by molar-refractivity contribution is -0.120. The van der Waals surface area contributed by atoms with Crippen molar-refractivity contribution in [2.45, 2.75) is 13.0 Å². The molecule has 0 radical (unpaired) electrons. The fraction of sp³-hybridized carbons (Fsp3) is 0.0800. The van der Waals surface area contributed by atoms with Gasteiger partial charge in [-0.1, -0.05) is 54.6 Å². The van der Waals surface area contributed by atoms with Gasteiger partial charge in [-0.25, -0.2) is 9.98 Å². The number of furan rings is 1. The van der Waals surface area contributed by atoms with Crippen molar-refractivity contribution >= 4 is 29.2 Å². The highest BCUT2D eigenvalue weighted by Crippen LogP contribution is 2.29. The molecule has 1 aromatic heterocycles. The van der Waals surface area contributed by atoms with Crippen LogP contribution in [0.3, 0.4) is 0 Å². The molecule has 3 aromatic rings. The van der Waals surface area contributed by atoms with Gasteiger partial charge in [-0.05, 0) is 23.3 Å². The van der Waals surface area contributed by atoms with Gasteiger partial charge < -0.3 is 9.52 Å². The summed E-state index contributed by atoms with van der Waals surface area (Å²) in [6.45, 7) is -0.0236. The minimum atomic E-state index is -0.226. The van der Waals surface area contributed by atoms with E-state index in [0.29, 0.717) is 35.1 Å². The number of nitrogens with zero attached hydrogens (tertiary/aromatic N) is 3. The van der Waals surface area contributed by atoms with Crippen LogP contribution in [0.5, 0.6) is 0 Å². The summed E-state index contributed by atoms with van der Waals surface area (Å²) >= 11 is 0. The molecule has 152 valence electrons. The van der Waals surface area contributed by atoms with Crippen molar-refractivity contribution in [3.63, 3.8) is 0 Å². The first kappa shape index (κ1) is 19.0. The molecular weight excluding hydrogens is 390 g/mol. The molecule has 2 aliphatic heterocycles. The molecule has 3 heterocycles. The minimum absolute atomic E-state index is 0.0236. The first-order valence-corrected chi connectivity index (χ1v) is 9.92. The highest BCUT2D eigenvalue weighted by Gasteiger charge is 2.35. The Balaban J connectivity index is 1.56. The largest absolute Gasteiger partial charge is 0.465 e. The van der Waals surface area contributed by atoms with Crippen molar-refractivity contribution < 1.29 is 14.3 Å². The quantitative estimate of drug-likeness (QED) is 0.646. The zero-order valence-electron chi connectivity index (χ0n) is 16.6. The summed E-state index contributed by atoms with van der Waals surface area (Å²) < 4.78 is 5.35. The average Bonchev–Trinajstić information content (AvgIpc) is 3.43. The fourth-order valence-electron chi connectivity index (χ4n) is 3.54. The number of fused-ring (bicyclic) bond motifs is 1. The first-order valence-electron chi connectivity index (χ1n) is 9.92. The van der Waals surface area contributed by atoms with Gasteiger partial charge in [0, 0.05) is 24.3 Å². The summed E-state index contributed by atoms with van der Waals surface area (Å²) in [7, 11) is 0. The van der Waals surface area contributed by atoms with Gasteiger partial charge in [0.2, 0.25) is 0 Å². The molecule has 5 rings (SSSR count). The van der Waals surface area contributed by atoms with Crippen LogP contribution in [0.1, 0.15) is 22.5 Å². The van der Waals surface area contributed by atoms with Gasteiger partial charge >= 0.3 is 0 Å². The number of carbonyl (C=O) groups is 1. The third-order valence-electron chi connectivity index (χ3n) is 5.13. The van der Waals surface area contributed by atoms with Crippen molar-refractivity contribution in [2.75, 3.05) is 0 Å². The molecule has 1 N–H and O–H groups in total. The molecule has 0 saturated carbocycles. The maximum Gasteiger partial charge on any atom is 0.282 e. The van der Waals surface area contributed by atoms with E-state index in [1.807, 2.05) is 54.6 Å². The number of hydrogen-bond donors (Lipinski definition) is 1. The molecule has 0 atom stereocenters. The number of aliphatic hydroxyl groups is 1. The third-order valence-corrected chi connectivity index (χ3v) is 5.13. The van der Waals surface area contributed by atoms with Crippen LogP contribution in [0.2, 0.25) is 0 Å². The lowest BCUT2D eigenvalue weighted by Gasteiger charge is -2.22. The van der Waals surface area contributed by atoms with Crippen molar-refractivity contribution in [1.82, 2.24) is 4.90 Å². The van der Waals surface area contributed by atoms with Crippen LogP contribution in [-0.4, -0.2) is 27.5 Å². The second-order valence-corrected chi connectivity index (χ2v) is 7.25. The highest BCUT2D eigenvalue weighted by atomic mass is 16.3. The Morgan fingerprint density at radius 3 is 2.45 bits per heavy atom. The third kappa shape index (κ3) is 3.76. The second kappa shape index (κ2) is 8.01. The number of aliphatic hydroxyl groups excluding tert-OH is 1. The maximum absolute atomic E-state index is 13.1. The Labute approximate surface area is 179 Å². The van der Waals surface area contributed by atoms with Gasteiger partial charge in [0.1, 0.15) is 11.5 Å². The number of rotatable bonds is 5. The predicted molar refractivity (Wildman–Crippen MR) is 119 cm³/mol. The summed E-state index contributed by atoms with van der Waals surface area (Å²) in [5.74, 6) is 0.872. The van der Waals surface area contributed by atoms with Gasteiger partial charge in [-0.3, -0.25) is 9.69 Å². The van der Waals surface area contributed by atoms with Crippen molar-refractivity contribution in [3.05, 3.63) is 107 Å². The topological polar surface area (TPSA) is 78.4 Å². The SMILES string of the molecule is O=C1C(=Cc2ccco2)N=C2C(Cc3ccccc3)=NC(c3ccc(CO)cc3)=CN12. The fourth-order valence-corrected chi connectivity index (χ4v) is 3.54. The Hall–Kier alpha value is -4.03. The maximum atomic E-state index is 13.1. The van der Waals surface area contributed by atoms with Crippen LogP contribution in [0.25, 0.3) is 11.8 Å². The molecule has 1 amide bonds. The zero-order chi connectivity index (χ0) is 21.2. The molecule has 0 bridgehead atoms. The summed E-state index contributed by atoms with van der Waals surface area (Å²) in [5.41, 5.74) is 4.44. The van der Waals surface area contributed by atoms with Gasteiger partial charge in [-0.15, -0.1) is 0 Å². The van der Waals surface area contributed by atoms with Crippen molar-refractivity contribution in [2.24, 2.45) is 9.98 Å². The van der Waals surface area contributed by atoms with Crippen LogP contribution in [0, 0.1) is 0 Å². The van der Waals surface area contributed by atoms with E-state index in [1.165, 1.54) is 0 Å². The number of aliphatic imine (C=N–C) groups is 2. The molecule has 0 unspecified atom stereocenters. The van der Waals surface area contributed by atoms with Gasteiger partial charge in [-0.2, -0.15) is 0 Å². The molecule has 6 heteroatoms. The summed E-state index contributed by atoms with van der Waals surface area (Å²) in [6, 6.07) is 21.0. The van der Waals surface area contributed by atoms with Crippen LogP contribution in [0.15, 0.2) is 99.3 Å². The Kier molecular flexibility index (Phi) is 4.90. The number of amidine groups is 1. The predicted octanol–water partition coefficient (Wildman–Crippen LogP) is 4.05. The van der Waals surface area contributed by atoms with E-state index in [4.69, 9.17) is 9.41 Å². The molecule has 0 fully saturated rings. The first-order chi connectivity index (χ1) is 15.2. The molecule has 0 aliphatic carbocycles. The van der Waals surface area contributed by atoms with Gasteiger partial charge in [0.25, 0.3) is 5.91 Å². The van der Waals surface area contributed by atoms with Crippen LogP contribution in [0.4, 0.5) is 0 Å². The molecule has 2 aliphatic rings. The lowest BCUT2D eigenvalue weighted by atomic mass is 10.0. The number of hydrogen-bond acceptors (Lipinski definition) is 5. The van der Waals surface area contributed by atoms with E-state index in [1.54, 1.807) is 35.6 Å². The molecule has 2 aromatic carbocycles. The smallest absolute Gasteiger partial charge is 0.282 e. The van der Waals surface area contributed by atoms with E-state index in [2.05, 4.69) is 4.99 Å². The van der Waals surface area contributed by atoms with Gasteiger partial charge in [0.05, 0.1) is 24.3 Å². The molecule has 0 saturated heterocycles. The molecular formula is C25H19N3O3. The normalized spacial score (nSPS) is 16.8. The van der Waals surface area contributed by atoms with Gasteiger partial charge in [0.15, 0.2) is 5.84 Å². The average molecular weight is 409 g/mol. The second-order valence-electron chi connectivity index (χ2n) is 7.25. The zero-order valence-corrected chi connectivity index (χ0v) is 16.6. The van der Waals surface area contributed by atoms with Crippen LogP contribution >= 0.6 is 0 Å².